The summed E-state index contributed by atoms with van der Waals surface area (Å²) >= 11 is 0. The molecule has 0 spiro atoms. The summed E-state index contributed by atoms with van der Waals surface area (Å²) in [4.78, 5) is 0. The Labute approximate surface area is 422 Å². The molecule has 0 heterocycles. The Morgan fingerprint density at radius 3 is 0.925 bits per heavy atom. The molecule has 0 aromatic carbocycles. The Morgan fingerprint density at radius 1 is 0.350 bits per heavy atom. The molecule has 80 heavy (non-hydrogen) atoms. The maximum absolute atomic E-state index is 18.4. The molecule has 8 nitrogen and oxygen atoms in total. The topological polar surface area (TPSA) is 73.8 Å². The van der Waals surface area contributed by atoms with Gasteiger partial charge in [-0.2, -0.15) is 114 Å². The molecule has 6 unspecified atom stereocenters. The zero-order valence-corrected chi connectivity index (χ0v) is 38.3. The maximum atomic E-state index is 18.4. The minimum absolute atomic E-state index is 0.176. The van der Waals surface area contributed by atoms with E-state index in [0.29, 0.717) is 0 Å². The van der Waals surface area contributed by atoms with Crippen LogP contribution in [0, 0.1) is 0 Å². The first-order chi connectivity index (χ1) is 35.3. The van der Waals surface area contributed by atoms with Crippen LogP contribution in [0.3, 0.4) is 0 Å². The van der Waals surface area contributed by atoms with Gasteiger partial charge in [-0.1, -0.05) is 24.3 Å². The average Bonchev–Trinajstić information content (AvgIpc) is 3.27. The lowest BCUT2D eigenvalue weighted by atomic mass is 9.42. The molecule has 6 atom stereocenters. The van der Waals surface area contributed by atoms with Crippen molar-refractivity contribution in [2.75, 3.05) is 59.5 Å². The molecule has 0 bridgehead atoms. The quantitative estimate of drug-likeness (QED) is 0.0375. The molecule has 0 aliphatic heterocycles. The van der Waals surface area contributed by atoms with Crippen LogP contribution in [-0.2, 0) is 37.9 Å². The fourth-order valence-electron chi connectivity index (χ4n) is 7.20. The molecule has 2 aliphatic carbocycles. The molecule has 2 saturated carbocycles. The van der Waals surface area contributed by atoms with Crippen LogP contribution < -0.4 is 0 Å². The van der Waals surface area contributed by atoms with Gasteiger partial charge in [0.1, 0.15) is 26.4 Å². The van der Waals surface area contributed by atoms with Gasteiger partial charge in [-0.05, 0) is 0 Å². The van der Waals surface area contributed by atoms with Gasteiger partial charge in [-0.25, -0.2) is 49.3 Å². The lowest BCUT2D eigenvalue weighted by molar-refractivity contribution is -0.578. The van der Waals surface area contributed by atoms with E-state index in [1.54, 1.807) is 9.47 Å². The van der Waals surface area contributed by atoms with Crippen molar-refractivity contribution in [2.24, 2.45) is 0 Å². The van der Waals surface area contributed by atoms with Gasteiger partial charge in [0.2, 0.25) is 22.7 Å². The Balaban J connectivity index is 3.75. The van der Waals surface area contributed by atoms with E-state index in [0.717, 1.165) is 0 Å². The van der Waals surface area contributed by atoms with Gasteiger partial charge in [-0.15, -0.1) is 26.3 Å². The van der Waals surface area contributed by atoms with Crippen molar-refractivity contribution in [1.82, 2.24) is 0 Å². The summed E-state index contributed by atoms with van der Waals surface area (Å²) in [5, 5.41) is 0. The molecule has 42 heteroatoms. The third-order valence-corrected chi connectivity index (χ3v) is 11.1. The van der Waals surface area contributed by atoms with Gasteiger partial charge < -0.3 is 23.7 Å². The number of fused-ring (bicyclic) bond motifs is 1. The van der Waals surface area contributed by atoms with Crippen LogP contribution >= 0.6 is 0 Å². The number of hydrogen-bond acceptors (Lipinski definition) is 8. The van der Waals surface area contributed by atoms with E-state index in [4.69, 9.17) is 0 Å². The van der Waals surface area contributed by atoms with Gasteiger partial charge in [0, 0.05) is 0 Å². The molecule has 0 aromatic rings. The highest BCUT2D eigenvalue weighted by molar-refractivity contribution is 5.49. The Hall–Kier alpha value is -3.74. The van der Waals surface area contributed by atoms with Crippen LogP contribution in [0.25, 0.3) is 0 Å². The Kier molecular flexibility index (Phi) is 19.6. The van der Waals surface area contributed by atoms with E-state index in [1.165, 1.54) is 4.74 Å². The lowest BCUT2D eigenvalue weighted by Gasteiger charge is -2.70. The number of halogens is 34. The predicted molar refractivity (Wildman–Crippen MR) is 190 cm³/mol. The molecule has 0 N–H and O–H groups in total. The van der Waals surface area contributed by atoms with Crippen molar-refractivity contribution >= 4 is 0 Å². The van der Waals surface area contributed by atoms with Crippen molar-refractivity contribution in [3.63, 3.8) is 0 Å². The van der Waals surface area contributed by atoms with Crippen LogP contribution in [0.4, 0.5) is 149 Å². The smallest absolute Gasteiger partial charge is 0.371 e. The maximum Gasteiger partial charge on any atom is 0.426 e. The van der Waals surface area contributed by atoms with Gasteiger partial charge in [0.15, 0.2) is 0 Å². The van der Waals surface area contributed by atoms with Crippen molar-refractivity contribution in [3.8, 4) is 0 Å². The van der Waals surface area contributed by atoms with E-state index in [2.05, 4.69) is 50.0 Å². The van der Waals surface area contributed by atoms with Crippen molar-refractivity contribution in [3.05, 3.63) is 50.6 Å². The molecule has 0 aromatic heterocycles. The van der Waals surface area contributed by atoms with E-state index in [1.807, 2.05) is 0 Å². The second kappa shape index (κ2) is 21.7. The predicted octanol–water partition coefficient (Wildman–Crippen LogP) is 13.1. The monoisotopic (exact) mass is 1260 g/mol. The summed E-state index contributed by atoms with van der Waals surface area (Å²) in [7, 11) is 0. The lowest BCUT2D eigenvalue weighted by Crippen LogP contribution is -3.03. The minimum Gasteiger partial charge on any atom is -0.371 e. The van der Waals surface area contributed by atoms with Crippen LogP contribution in [-0.4, -0.2) is 178 Å². The van der Waals surface area contributed by atoms with Crippen molar-refractivity contribution < 1.29 is 187 Å². The first kappa shape index (κ1) is 72.4. The average molecular weight is 1260 g/mol. The van der Waals surface area contributed by atoms with Crippen molar-refractivity contribution in [1.29, 1.82) is 0 Å². The van der Waals surface area contributed by atoms with Crippen LogP contribution in [0.2, 0.25) is 0 Å². The number of rotatable bonds is 32. The van der Waals surface area contributed by atoms with E-state index in [-0.39, 0.29) is 24.3 Å². The zero-order valence-electron chi connectivity index (χ0n) is 38.3. The summed E-state index contributed by atoms with van der Waals surface area (Å²) in [6, 6.07) is 0. The fourth-order valence-corrected chi connectivity index (χ4v) is 7.20. The minimum atomic E-state index is -11.0. The standard InChI is InChI=1S/C38H32F34O8/c1-5-9-73-15-22(43,44)33(61,62)77-14-20(40)26(51)19(39,32(59,60)78-34(63,64)23(45,46)16-74-10-6-2)13-21(41,42)27(52,37(69,70)79-35(65,66)24(47,48)17-75-11-7-3)28(26,53)29(54,31(57,58)30(20,55)56)38(71,72)80-36(67,68)25(49,50)18-76-12-8-4/h5-8H,1-4,9-18H2. The number of alkyl halides is 34. The number of ether oxygens (including phenoxy) is 8. The van der Waals surface area contributed by atoms with Gasteiger partial charge >= 0.3 is 89.6 Å². The summed E-state index contributed by atoms with van der Waals surface area (Å²) in [6.45, 7) is -15.0. The summed E-state index contributed by atoms with van der Waals surface area (Å²) in [5.74, 6) is -57.3. The fraction of sp³-hybridized carbons (Fsp3) is 0.789. The third-order valence-electron chi connectivity index (χ3n) is 11.1. The van der Waals surface area contributed by atoms with Gasteiger partial charge in [0.25, 0.3) is 5.92 Å². The molecule has 0 amide bonds. The van der Waals surface area contributed by atoms with Crippen LogP contribution in [0.15, 0.2) is 50.6 Å². The van der Waals surface area contributed by atoms with Gasteiger partial charge in [0.05, 0.1) is 39.5 Å². The largest absolute Gasteiger partial charge is 0.426 e. The van der Waals surface area contributed by atoms with Crippen LogP contribution in [0.5, 0.6) is 0 Å². The molecular weight excluding hydrogens is 1230 g/mol. The molecular formula is C38H32F34O8. The number of hydrogen-bond donors (Lipinski definition) is 0. The molecule has 0 saturated heterocycles. The third kappa shape index (κ3) is 10.5. The normalized spacial score (nSPS) is 29.2. The SMILES string of the molecule is C=CCOCC(F)(F)C(F)(F)OCC1(F)C(F)(F)C(F)(F)C(F)(C(F)(F)OC(F)(F)C(F)(F)COCC=C)C2(F)C(F)(C(F)(F)OC(F)(F)C(F)(F)COCC=C)C(F)(F)CC(F)(C(F)(F)OC(F)(F)C(F)(F)COCC=C)C12F. The molecule has 2 fully saturated rings. The Bertz CT molecular complexity index is 2210. The van der Waals surface area contributed by atoms with Crippen LogP contribution in [0.1, 0.15) is 6.42 Å². The van der Waals surface area contributed by atoms with Crippen molar-refractivity contribution in [2.45, 2.75) is 125 Å². The first-order valence-corrected chi connectivity index (χ1v) is 20.2. The van der Waals surface area contributed by atoms with E-state index < -0.39 is 184 Å². The first-order valence-electron chi connectivity index (χ1n) is 20.2. The summed E-state index contributed by atoms with van der Waals surface area (Å²) in [5.41, 5.74) is -61.4. The summed E-state index contributed by atoms with van der Waals surface area (Å²) in [6.07, 6.45) is -66.4. The second-order valence-corrected chi connectivity index (χ2v) is 16.5. The zero-order chi connectivity index (χ0) is 63.6. The highest BCUT2D eigenvalue weighted by Crippen LogP contribution is 2.83. The van der Waals surface area contributed by atoms with E-state index in [9.17, 15) is 70.2 Å². The highest BCUT2D eigenvalue weighted by atomic mass is 19.4. The molecule has 2 rings (SSSR count). The molecule has 470 valence electrons. The second-order valence-electron chi connectivity index (χ2n) is 16.5. The van der Waals surface area contributed by atoms with Gasteiger partial charge in [-0.3, -0.25) is 0 Å². The molecule has 2 aliphatic rings. The Morgan fingerprint density at radius 2 is 0.625 bits per heavy atom. The molecule has 0 radical (unpaired) electrons. The summed E-state index contributed by atoms with van der Waals surface area (Å²) < 4.78 is 560. The highest BCUT2D eigenvalue weighted by Gasteiger charge is 3.15. The van der Waals surface area contributed by atoms with E-state index >= 15 is 79.0 Å².